The lowest BCUT2D eigenvalue weighted by atomic mass is 10.1. The van der Waals surface area contributed by atoms with Gasteiger partial charge in [-0.1, -0.05) is 29.8 Å². The van der Waals surface area contributed by atoms with Crippen molar-refractivity contribution in [1.29, 1.82) is 0 Å². The van der Waals surface area contributed by atoms with Crippen molar-refractivity contribution in [3.63, 3.8) is 0 Å². The summed E-state index contributed by atoms with van der Waals surface area (Å²) >= 11 is 6.02. The molecule has 1 heterocycles. The predicted octanol–water partition coefficient (Wildman–Crippen LogP) is 0.873. The maximum atomic E-state index is 11.6. The molecule has 100 valence electrons. The molecule has 0 aliphatic rings. The fourth-order valence-corrected chi connectivity index (χ4v) is 1.84. The summed E-state index contributed by atoms with van der Waals surface area (Å²) in [5.41, 5.74) is 6.41. The number of nitrogens with zero attached hydrogens (tertiary/aromatic N) is 3. The Labute approximate surface area is 115 Å². The largest absolute Gasteiger partial charge is 0.381 e. The SMILES string of the molecule is Nc1cnn(CC(=O)NCCc2ccccc2Cl)n1. The van der Waals surface area contributed by atoms with Crippen molar-refractivity contribution < 1.29 is 4.79 Å². The Morgan fingerprint density at radius 1 is 1.42 bits per heavy atom. The summed E-state index contributed by atoms with van der Waals surface area (Å²) in [5, 5.41) is 11.2. The summed E-state index contributed by atoms with van der Waals surface area (Å²) in [6, 6.07) is 7.55. The zero-order valence-electron chi connectivity index (χ0n) is 10.2. The Morgan fingerprint density at radius 3 is 2.89 bits per heavy atom. The van der Waals surface area contributed by atoms with E-state index < -0.39 is 0 Å². The lowest BCUT2D eigenvalue weighted by Gasteiger charge is -2.06. The molecule has 0 unspecified atom stereocenters. The molecule has 0 saturated carbocycles. The van der Waals surface area contributed by atoms with Crippen LogP contribution in [0.3, 0.4) is 0 Å². The van der Waals surface area contributed by atoms with Gasteiger partial charge in [0.1, 0.15) is 6.54 Å². The van der Waals surface area contributed by atoms with Crippen LogP contribution in [-0.2, 0) is 17.8 Å². The van der Waals surface area contributed by atoms with Crippen LogP contribution < -0.4 is 11.1 Å². The van der Waals surface area contributed by atoms with Crippen molar-refractivity contribution in [1.82, 2.24) is 20.3 Å². The topological polar surface area (TPSA) is 85.8 Å². The molecule has 1 aromatic heterocycles. The second-order valence-electron chi connectivity index (χ2n) is 3.99. The quantitative estimate of drug-likeness (QED) is 0.850. The molecule has 7 heteroatoms. The molecule has 0 fully saturated rings. The molecule has 1 aromatic carbocycles. The number of hydrogen-bond acceptors (Lipinski definition) is 4. The summed E-state index contributed by atoms with van der Waals surface area (Å²) in [5.74, 6) is 0.131. The molecule has 1 amide bonds. The molecule has 19 heavy (non-hydrogen) atoms. The average Bonchev–Trinajstić information content (AvgIpc) is 2.77. The van der Waals surface area contributed by atoms with E-state index in [0.717, 1.165) is 5.56 Å². The maximum Gasteiger partial charge on any atom is 0.243 e. The number of amides is 1. The minimum atomic E-state index is -0.164. The number of anilines is 1. The van der Waals surface area contributed by atoms with Gasteiger partial charge in [0.25, 0.3) is 0 Å². The third kappa shape index (κ3) is 3.96. The number of nitrogens with two attached hydrogens (primary N) is 1. The highest BCUT2D eigenvalue weighted by Gasteiger charge is 2.05. The number of hydrogen-bond donors (Lipinski definition) is 2. The average molecular weight is 280 g/mol. The molecule has 2 aromatic rings. The van der Waals surface area contributed by atoms with Crippen molar-refractivity contribution in [2.75, 3.05) is 12.3 Å². The van der Waals surface area contributed by atoms with Crippen LogP contribution in [0.2, 0.25) is 5.02 Å². The van der Waals surface area contributed by atoms with Crippen molar-refractivity contribution in [2.24, 2.45) is 0 Å². The summed E-state index contributed by atoms with van der Waals surface area (Å²) in [6.45, 7) is 0.568. The van der Waals surface area contributed by atoms with E-state index in [4.69, 9.17) is 17.3 Å². The van der Waals surface area contributed by atoms with E-state index in [9.17, 15) is 4.79 Å². The molecule has 6 nitrogen and oxygen atoms in total. The van der Waals surface area contributed by atoms with Gasteiger partial charge in [-0.15, -0.1) is 5.10 Å². The third-order valence-corrected chi connectivity index (χ3v) is 2.88. The number of halogens is 1. The number of carbonyl (C=O) groups is 1. The second-order valence-corrected chi connectivity index (χ2v) is 4.40. The molecule has 0 radical (unpaired) electrons. The van der Waals surface area contributed by atoms with Crippen LogP contribution in [0.15, 0.2) is 30.5 Å². The van der Waals surface area contributed by atoms with Crippen molar-refractivity contribution in [3.05, 3.63) is 41.0 Å². The predicted molar refractivity (Wildman–Crippen MR) is 72.6 cm³/mol. The molecular weight excluding hydrogens is 266 g/mol. The van der Waals surface area contributed by atoms with E-state index in [1.54, 1.807) is 0 Å². The molecule has 0 bridgehead atoms. The van der Waals surface area contributed by atoms with Gasteiger partial charge in [0.15, 0.2) is 5.82 Å². The molecule has 0 spiro atoms. The molecular formula is C12H14ClN5O. The Hall–Kier alpha value is -2.08. The fraction of sp³-hybridized carbons (Fsp3) is 0.250. The van der Waals surface area contributed by atoms with E-state index >= 15 is 0 Å². The minimum Gasteiger partial charge on any atom is -0.381 e. The van der Waals surface area contributed by atoms with Gasteiger partial charge in [0, 0.05) is 11.6 Å². The van der Waals surface area contributed by atoms with Crippen LogP contribution in [0.1, 0.15) is 5.56 Å². The first-order valence-electron chi connectivity index (χ1n) is 5.81. The smallest absolute Gasteiger partial charge is 0.243 e. The van der Waals surface area contributed by atoms with Gasteiger partial charge >= 0.3 is 0 Å². The highest BCUT2D eigenvalue weighted by molar-refractivity contribution is 6.31. The van der Waals surface area contributed by atoms with E-state index in [1.165, 1.54) is 11.0 Å². The van der Waals surface area contributed by atoms with Gasteiger partial charge in [0.2, 0.25) is 5.91 Å². The Morgan fingerprint density at radius 2 is 2.21 bits per heavy atom. The van der Waals surface area contributed by atoms with E-state index in [2.05, 4.69) is 15.5 Å². The molecule has 0 saturated heterocycles. The van der Waals surface area contributed by atoms with Crippen LogP contribution >= 0.6 is 11.6 Å². The van der Waals surface area contributed by atoms with E-state index in [1.807, 2.05) is 24.3 Å². The first-order valence-corrected chi connectivity index (χ1v) is 6.18. The first kappa shape index (κ1) is 13.4. The molecule has 0 aliphatic heterocycles. The number of nitrogens with one attached hydrogen (secondary N) is 1. The molecule has 0 atom stereocenters. The normalized spacial score (nSPS) is 10.4. The fourth-order valence-electron chi connectivity index (χ4n) is 1.61. The van der Waals surface area contributed by atoms with Crippen molar-refractivity contribution >= 4 is 23.3 Å². The Balaban J connectivity index is 1.77. The standard InChI is InChI=1S/C12H14ClN5O/c13-10-4-2-1-3-9(10)5-6-15-12(19)8-18-16-7-11(14)17-18/h1-4,7H,5-6,8H2,(H2,14,17)(H,15,19). The van der Waals surface area contributed by atoms with Gasteiger partial charge < -0.3 is 11.1 Å². The third-order valence-electron chi connectivity index (χ3n) is 2.51. The zero-order chi connectivity index (χ0) is 13.7. The van der Waals surface area contributed by atoms with Crippen LogP contribution in [0.5, 0.6) is 0 Å². The summed E-state index contributed by atoms with van der Waals surface area (Å²) < 4.78 is 0. The van der Waals surface area contributed by atoms with Gasteiger partial charge in [-0.25, -0.2) is 0 Å². The van der Waals surface area contributed by atoms with Crippen LogP contribution in [0.4, 0.5) is 5.82 Å². The van der Waals surface area contributed by atoms with Crippen molar-refractivity contribution in [3.8, 4) is 0 Å². The van der Waals surface area contributed by atoms with Gasteiger partial charge in [0.05, 0.1) is 6.20 Å². The van der Waals surface area contributed by atoms with Gasteiger partial charge in [-0.05, 0) is 18.1 Å². The summed E-state index contributed by atoms with van der Waals surface area (Å²) in [4.78, 5) is 12.9. The first-order chi connectivity index (χ1) is 9.15. The second kappa shape index (κ2) is 6.19. The molecule has 0 aliphatic carbocycles. The van der Waals surface area contributed by atoms with E-state index in [-0.39, 0.29) is 12.5 Å². The highest BCUT2D eigenvalue weighted by Crippen LogP contribution is 2.14. The van der Waals surface area contributed by atoms with Crippen LogP contribution in [-0.4, -0.2) is 27.4 Å². The van der Waals surface area contributed by atoms with Crippen molar-refractivity contribution in [2.45, 2.75) is 13.0 Å². The number of carbonyl (C=O) groups excluding carboxylic acids is 1. The summed E-state index contributed by atoms with van der Waals surface area (Å²) in [6.07, 6.45) is 2.08. The monoisotopic (exact) mass is 279 g/mol. The Bertz CT molecular complexity index is 569. The van der Waals surface area contributed by atoms with Gasteiger partial charge in [-0.3, -0.25) is 4.79 Å². The van der Waals surface area contributed by atoms with Gasteiger partial charge in [-0.2, -0.15) is 9.90 Å². The van der Waals surface area contributed by atoms with E-state index in [0.29, 0.717) is 23.8 Å². The Kier molecular flexibility index (Phi) is 4.35. The molecule has 2 rings (SSSR count). The lowest BCUT2D eigenvalue weighted by Crippen LogP contribution is -2.30. The molecule has 3 N–H and O–H groups in total. The number of benzene rings is 1. The maximum absolute atomic E-state index is 11.6. The van der Waals surface area contributed by atoms with Crippen LogP contribution in [0.25, 0.3) is 0 Å². The highest BCUT2D eigenvalue weighted by atomic mass is 35.5. The number of aromatic nitrogens is 3. The number of nitrogen functional groups attached to an aromatic ring is 1. The number of rotatable bonds is 5. The zero-order valence-corrected chi connectivity index (χ0v) is 11.0. The lowest BCUT2D eigenvalue weighted by molar-refractivity contribution is -0.122. The van der Waals surface area contributed by atoms with Crippen LogP contribution in [0, 0.1) is 0 Å². The summed E-state index contributed by atoms with van der Waals surface area (Å²) in [7, 11) is 0. The minimum absolute atomic E-state index is 0.0553.